The number of hydrogen-bond acceptors (Lipinski definition) is 6. The molecule has 2 aromatic rings. The van der Waals surface area contributed by atoms with E-state index >= 15 is 0 Å². The Morgan fingerprint density at radius 2 is 2.00 bits per heavy atom. The van der Waals surface area contributed by atoms with Crippen molar-refractivity contribution in [3.05, 3.63) is 45.4 Å². The molecule has 0 amide bonds. The molecule has 0 saturated carbocycles. The van der Waals surface area contributed by atoms with Gasteiger partial charge in [-0.2, -0.15) is 0 Å². The highest BCUT2D eigenvalue weighted by atomic mass is 35.5. The minimum absolute atomic E-state index is 0.328. The average Bonchev–Trinajstić information content (AvgIpc) is 2.96. The molecule has 0 aromatic carbocycles. The van der Waals surface area contributed by atoms with Crippen LogP contribution in [0.1, 0.15) is 14.5 Å². The molecular weight excluding hydrogens is 334 g/mol. The summed E-state index contributed by atoms with van der Waals surface area (Å²) < 4.78 is 4.75. The van der Waals surface area contributed by atoms with Crippen molar-refractivity contribution in [2.24, 2.45) is 0 Å². The number of nitrogens with zero attached hydrogens (tertiary/aromatic N) is 3. The molecule has 3 heterocycles. The van der Waals surface area contributed by atoms with Crippen molar-refractivity contribution in [2.75, 3.05) is 38.2 Å². The highest BCUT2D eigenvalue weighted by Gasteiger charge is 2.20. The molecule has 0 N–H and O–H groups in total. The molecule has 1 aliphatic rings. The molecule has 0 spiro atoms. The fraction of sp³-hybridized carbons (Fsp3) is 0.375. The summed E-state index contributed by atoms with van der Waals surface area (Å²) in [6.45, 7) is 4.63. The Bertz CT molecular complexity index is 669. The van der Waals surface area contributed by atoms with Gasteiger partial charge in [0.05, 0.1) is 12.1 Å². The van der Waals surface area contributed by atoms with Crippen molar-refractivity contribution in [2.45, 2.75) is 6.54 Å². The molecule has 0 unspecified atom stereocenters. The number of esters is 1. The zero-order chi connectivity index (χ0) is 16.2. The SMILES string of the molecule is COC(=O)c1cc(Cl)c(CN2CCN(c3ccncc3)CC2)s1. The second-order valence-corrected chi connectivity index (χ2v) is 6.89. The van der Waals surface area contributed by atoms with Crippen LogP contribution in [0.3, 0.4) is 0 Å². The Kier molecular flexibility index (Phi) is 5.15. The number of anilines is 1. The van der Waals surface area contributed by atoms with E-state index in [1.165, 1.54) is 24.1 Å². The highest BCUT2D eigenvalue weighted by Crippen LogP contribution is 2.29. The number of carbonyl (C=O) groups excluding carboxylic acids is 1. The minimum atomic E-state index is -0.328. The van der Waals surface area contributed by atoms with Gasteiger partial charge in [0.2, 0.25) is 0 Å². The van der Waals surface area contributed by atoms with Gasteiger partial charge in [0, 0.05) is 55.7 Å². The molecule has 2 aromatic heterocycles. The Balaban J connectivity index is 1.59. The minimum Gasteiger partial charge on any atom is -0.465 e. The van der Waals surface area contributed by atoms with E-state index in [1.807, 2.05) is 24.5 Å². The quantitative estimate of drug-likeness (QED) is 0.792. The Morgan fingerprint density at radius 3 is 2.65 bits per heavy atom. The fourth-order valence-corrected chi connectivity index (χ4v) is 4.00. The van der Waals surface area contributed by atoms with Crippen LogP contribution in [0.2, 0.25) is 5.02 Å². The predicted molar refractivity (Wildman–Crippen MR) is 92.4 cm³/mol. The van der Waals surface area contributed by atoms with E-state index < -0.39 is 0 Å². The summed E-state index contributed by atoms with van der Waals surface area (Å²) in [5.74, 6) is -0.328. The van der Waals surface area contributed by atoms with Gasteiger partial charge >= 0.3 is 5.97 Å². The molecule has 1 saturated heterocycles. The van der Waals surface area contributed by atoms with E-state index in [1.54, 1.807) is 6.07 Å². The summed E-state index contributed by atoms with van der Waals surface area (Å²) in [6, 6.07) is 5.77. The maximum Gasteiger partial charge on any atom is 0.348 e. The van der Waals surface area contributed by atoms with E-state index in [9.17, 15) is 4.79 Å². The van der Waals surface area contributed by atoms with E-state index in [4.69, 9.17) is 16.3 Å². The largest absolute Gasteiger partial charge is 0.465 e. The number of ether oxygens (including phenoxy) is 1. The first kappa shape index (κ1) is 16.2. The van der Waals surface area contributed by atoms with Crippen molar-refractivity contribution in [3.8, 4) is 0 Å². The number of methoxy groups -OCH3 is 1. The number of thiophene rings is 1. The molecule has 3 rings (SSSR count). The summed E-state index contributed by atoms with van der Waals surface area (Å²) in [7, 11) is 1.38. The lowest BCUT2D eigenvalue weighted by molar-refractivity contribution is 0.0606. The van der Waals surface area contributed by atoms with E-state index in [0.29, 0.717) is 9.90 Å². The number of halogens is 1. The van der Waals surface area contributed by atoms with Crippen LogP contribution < -0.4 is 4.90 Å². The molecule has 23 heavy (non-hydrogen) atoms. The van der Waals surface area contributed by atoms with Gasteiger partial charge in [-0.1, -0.05) is 11.6 Å². The smallest absolute Gasteiger partial charge is 0.348 e. The van der Waals surface area contributed by atoms with Crippen LogP contribution in [0.25, 0.3) is 0 Å². The summed E-state index contributed by atoms with van der Waals surface area (Å²) in [5.41, 5.74) is 1.21. The van der Waals surface area contributed by atoms with Crippen molar-refractivity contribution in [1.29, 1.82) is 0 Å². The molecule has 1 aliphatic heterocycles. The number of aromatic nitrogens is 1. The Labute approximate surface area is 144 Å². The monoisotopic (exact) mass is 351 g/mol. The summed E-state index contributed by atoms with van der Waals surface area (Å²) in [4.78, 5) is 21.9. The van der Waals surface area contributed by atoms with Gasteiger partial charge in [0.15, 0.2) is 0 Å². The van der Waals surface area contributed by atoms with Crippen LogP contribution in [0.4, 0.5) is 5.69 Å². The Hall–Kier alpha value is -1.63. The normalized spacial score (nSPS) is 15.7. The van der Waals surface area contributed by atoms with Crippen LogP contribution in [0, 0.1) is 0 Å². The van der Waals surface area contributed by atoms with Crippen LogP contribution in [-0.4, -0.2) is 49.1 Å². The van der Waals surface area contributed by atoms with Crippen molar-refractivity contribution in [3.63, 3.8) is 0 Å². The zero-order valence-corrected chi connectivity index (χ0v) is 14.4. The highest BCUT2D eigenvalue weighted by molar-refractivity contribution is 7.14. The maximum atomic E-state index is 11.6. The predicted octanol–water partition coefficient (Wildman–Crippen LogP) is 2.91. The lowest BCUT2D eigenvalue weighted by Gasteiger charge is -2.35. The molecule has 0 atom stereocenters. The fourth-order valence-electron chi connectivity index (χ4n) is 2.64. The van der Waals surface area contributed by atoms with Gasteiger partial charge in [0.25, 0.3) is 0 Å². The second kappa shape index (κ2) is 7.29. The number of hydrogen-bond donors (Lipinski definition) is 0. The van der Waals surface area contributed by atoms with E-state index in [0.717, 1.165) is 37.6 Å². The second-order valence-electron chi connectivity index (χ2n) is 5.34. The zero-order valence-electron chi connectivity index (χ0n) is 12.9. The van der Waals surface area contributed by atoms with Crippen LogP contribution in [-0.2, 0) is 11.3 Å². The van der Waals surface area contributed by atoms with Crippen molar-refractivity contribution in [1.82, 2.24) is 9.88 Å². The molecule has 7 heteroatoms. The molecule has 1 fully saturated rings. The first-order valence-corrected chi connectivity index (χ1v) is 8.60. The molecule has 0 radical (unpaired) electrons. The van der Waals surface area contributed by atoms with Crippen LogP contribution in [0.5, 0.6) is 0 Å². The first-order chi connectivity index (χ1) is 11.2. The molecule has 122 valence electrons. The number of carbonyl (C=O) groups is 1. The van der Waals surface area contributed by atoms with Crippen molar-refractivity contribution >= 4 is 34.6 Å². The molecule has 0 aliphatic carbocycles. The van der Waals surface area contributed by atoms with Crippen LogP contribution >= 0.6 is 22.9 Å². The topological polar surface area (TPSA) is 45.7 Å². The van der Waals surface area contributed by atoms with E-state index in [2.05, 4.69) is 14.8 Å². The van der Waals surface area contributed by atoms with Gasteiger partial charge in [-0.25, -0.2) is 4.79 Å². The average molecular weight is 352 g/mol. The molecule has 0 bridgehead atoms. The number of pyridine rings is 1. The third kappa shape index (κ3) is 3.83. The van der Waals surface area contributed by atoms with Gasteiger partial charge in [-0.05, 0) is 18.2 Å². The number of piperazine rings is 1. The Morgan fingerprint density at radius 1 is 1.30 bits per heavy atom. The lowest BCUT2D eigenvalue weighted by Crippen LogP contribution is -2.45. The standard InChI is InChI=1S/C16H18ClN3O2S/c1-22-16(21)14-10-13(17)15(23-14)11-19-6-8-20(9-7-19)12-2-4-18-5-3-12/h2-5,10H,6-9,11H2,1H3. The molecular formula is C16H18ClN3O2S. The van der Waals surface area contributed by atoms with Crippen molar-refractivity contribution < 1.29 is 9.53 Å². The molecule has 5 nitrogen and oxygen atoms in total. The summed E-state index contributed by atoms with van der Waals surface area (Å²) in [6.07, 6.45) is 3.64. The summed E-state index contributed by atoms with van der Waals surface area (Å²) in [5, 5.41) is 0.645. The van der Waals surface area contributed by atoms with E-state index in [-0.39, 0.29) is 5.97 Å². The maximum absolute atomic E-state index is 11.6. The number of rotatable bonds is 4. The van der Waals surface area contributed by atoms with Gasteiger partial charge < -0.3 is 9.64 Å². The third-order valence-corrected chi connectivity index (χ3v) is 5.46. The third-order valence-electron chi connectivity index (χ3n) is 3.91. The first-order valence-electron chi connectivity index (χ1n) is 7.41. The van der Waals surface area contributed by atoms with Gasteiger partial charge in [0.1, 0.15) is 4.88 Å². The van der Waals surface area contributed by atoms with Gasteiger partial charge in [-0.15, -0.1) is 11.3 Å². The lowest BCUT2D eigenvalue weighted by atomic mass is 10.2. The summed E-state index contributed by atoms with van der Waals surface area (Å²) >= 11 is 7.66. The van der Waals surface area contributed by atoms with Crippen LogP contribution in [0.15, 0.2) is 30.6 Å². The van der Waals surface area contributed by atoms with Gasteiger partial charge in [-0.3, -0.25) is 9.88 Å².